The maximum absolute atomic E-state index is 12.3. The number of carbonyl (C=O) groups excluding carboxylic acids is 1. The minimum absolute atomic E-state index is 0.243. The predicted octanol–water partition coefficient (Wildman–Crippen LogP) is 1.57. The van der Waals surface area contributed by atoms with Crippen molar-refractivity contribution in [2.24, 2.45) is 17.1 Å². The van der Waals surface area contributed by atoms with Crippen LogP contribution >= 0.6 is 0 Å². The Kier molecular flexibility index (Phi) is 5.34. The first-order valence-corrected chi connectivity index (χ1v) is 10.7. The number of carboxylic acid groups (broad SMARTS) is 1. The van der Waals surface area contributed by atoms with E-state index in [1.807, 2.05) is 0 Å². The predicted molar refractivity (Wildman–Crippen MR) is 102 cm³/mol. The van der Waals surface area contributed by atoms with Crippen molar-refractivity contribution in [1.29, 1.82) is 0 Å². The monoisotopic (exact) mass is 378 g/mol. The molecular formula is C20H34N4O3. The van der Waals surface area contributed by atoms with Gasteiger partial charge in [0.05, 0.1) is 0 Å². The van der Waals surface area contributed by atoms with Gasteiger partial charge in [-0.25, -0.2) is 4.79 Å². The van der Waals surface area contributed by atoms with Crippen LogP contribution in [-0.4, -0.2) is 83.2 Å². The van der Waals surface area contributed by atoms with Gasteiger partial charge in [-0.05, 0) is 69.4 Å². The van der Waals surface area contributed by atoms with Gasteiger partial charge in [0.2, 0.25) is 5.91 Å². The molecule has 3 saturated heterocycles. The maximum atomic E-state index is 12.3. The number of hydrogen-bond donors (Lipinski definition) is 2. The van der Waals surface area contributed by atoms with Crippen LogP contribution in [-0.2, 0) is 4.79 Å². The van der Waals surface area contributed by atoms with Crippen LogP contribution in [0.15, 0.2) is 0 Å². The average molecular weight is 379 g/mol. The molecule has 0 aromatic rings. The zero-order chi connectivity index (χ0) is 19.0. The van der Waals surface area contributed by atoms with Gasteiger partial charge in [-0.3, -0.25) is 4.79 Å². The molecule has 0 bridgehead atoms. The largest absolute Gasteiger partial charge is 0.465 e. The van der Waals surface area contributed by atoms with Crippen molar-refractivity contribution in [2.45, 2.75) is 63.5 Å². The molecule has 3 aliphatic heterocycles. The van der Waals surface area contributed by atoms with E-state index >= 15 is 0 Å². The number of amides is 2. The molecule has 1 spiro atoms. The number of likely N-dealkylation sites (tertiary alicyclic amines) is 3. The van der Waals surface area contributed by atoms with Crippen molar-refractivity contribution in [3.63, 3.8) is 0 Å². The van der Waals surface area contributed by atoms with Crippen molar-refractivity contribution < 1.29 is 14.7 Å². The van der Waals surface area contributed by atoms with Gasteiger partial charge in [-0.15, -0.1) is 0 Å². The highest BCUT2D eigenvalue weighted by Crippen LogP contribution is 2.50. The van der Waals surface area contributed by atoms with E-state index in [9.17, 15) is 14.7 Å². The highest BCUT2D eigenvalue weighted by Gasteiger charge is 2.51. The first kappa shape index (κ1) is 19.0. The third-order valence-electron chi connectivity index (χ3n) is 7.66. The molecule has 4 fully saturated rings. The maximum Gasteiger partial charge on any atom is 0.407 e. The summed E-state index contributed by atoms with van der Waals surface area (Å²) in [6.07, 6.45) is 7.72. The molecule has 0 unspecified atom stereocenters. The normalized spacial score (nSPS) is 35.0. The van der Waals surface area contributed by atoms with Crippen LogP contribution in [0.4, 0.5) is 4.79 Å². The van der Waals surface area contributed by atoms with E-state index in [0.717, 1.165) is 58.3 Å². The van der Waals surface area contributed by atoms with Gasteiger partial charge in [0.1, 0.15) is 0 Å². The molecule has 1 aliphatic carbocycles. The van der Waals surface area contributed by atoms with Gasteiger partial charge in [0.25, 0.3) is 0 Å². The van der Waals surface area contributed by atoms with Gasteiger partial charge in [-0.1, -0.05) is 0 Å². The Hall–Kier alpha value is -1.34. The quantitative estimate of drug-likeness (QED) is 0.775. The molecular weight excluding hydrogens is 344 g/mol. The zero-order valence-electron chi connectivity index (χ0n) is 16.3. The summed E-state index contributed by atoms with van der Waals surface area (Å²) in [6.45, 7) is 5.05. The van der Waals surface area contributed by atoms with E-state index in [4.69, 9.17) is 5.73 Å². The molecule has 0 aromatic carbocycles. The summed E-state index contributed by atoms with van der Waals surface area (Å²) in [5.74, 6) is 0.876. The van der Waals surface area contributed by atoms with E-state index < -0.39 is 6.09 Å². The molecule has 3 heterocycles. The van der Waals surface area contributed by atoms with Crippen LogP contribution < -0.4 is 5.73 Å². The summed E-state index contributed by atoms with van der Waals surface area (Å²) in [6, 6.07) is 1.07. The molecule has 2 amide bonds. The van der Waals surface area contributed by atoms with Crippen LogP contribution in [0.5, 0.6) is 0 Å². The van der Waals surface area contributed by atoms with Gasteiger partial charge in [0.15, 0.2) is 0 Å². The van der Waals surface area contributed by atoms with Crippen LogP contribution in [0.2, 0.25) is 0 Å². The molecule has 4 aliphatic rings. The summed E-state index contributed by atoms with van der Waals surface area (Å²) in [4.78, 5) is 29.8. The van der Waals surface area contributed by atoms with E-state index in [-0.39, 0.29) is 11.3 Å². The first-order chi connectivity index (χ1) is 13.0. The molecule has 7 nitrogen and oxygen atoms in total. The topological polar surface area (TPSA) is 90.1 Å². The lowest BCUT2D eigenvalue weighted by Crippen LogP contribution is -2.55. The first-order valence-electron chi connectivity index (χ1n) is 10.7. The number of piperidine rings is 1. The second-order valence-corrected chi connectivity index (χ2v) is 9.22. The van der Waals surface area contributed by atoms with Crippen molar-refractivity contribution in [3.8, 4) is 0 Å². The van der Waals surface area contributed by atoms with Crippen molar-refractivity contribution in [3.05, 3.63) is 0 Å². The van der Waals surface area contributed by atoms with Gasteiger partial charge >= 0.3 is 6.09 Å². The minimum atomic E-state index is -0.763. The second-order valence-electron chi connectivity index (χ2n) is 9.22. The van der Waals surface area contributed by atoms with Crippen molar-refractivity contribution in [2.75, 3.05) is 39.3 Å². The smallest absolute Gasteiger partial charge is 0.407 e. The Morgan fingerprint density at radius 2 is 1.81 bits per heavy atom. The molecule has 3 N–H and O–H groups in total. The Morgan fingerprint density at radius 3 is 2.44 bits per heavy atom. The number of nitrogens with zero attached hydrogens (tertiary/aromatic N) is 3. The third-order valence-corrected chi connectivity index (χ3v) is 7.66. The lowest BCUT2D eigenvalue weighted by Gasteiger charge is -2.52. The fraction of sp³-hybridized carbons (Fsp3) is 0.900. The van der Waals surface area contributed by atoms with Gasteiger partial charge in [0, 0.05) is 44.7 Å². The minimum Gasteiger partial charge on any atom is -0.465 e. The molecule has 0 radical (unpaired) electrons. The van der Waals surface area contributed by atoms with E-state index in [1.165, 1.54) is 12.8 Å². The van der Waals surface area contributed by atoms with Crippen molar-refractivity contribution in [1.82, 2.24) is 14.7 Å². The van der Waals surface area contributed by atoms with E-state index in [0.29, 0.717) is 37.5 Å². The van der Waals surface area contributed by atoms with E-state index in [2.05, 4.69) is 9.80 Å². The lowest BCUT2D eigenvalue weighted by atomic mass is 9.64. The van der Waals surface area contributed by atoms with Crippen molar-refractivity contribution >= 4 is 12.0 Å². The Balaban J connectivity index is 1.24. The average Bonchev–Trinajstić information content (AvgIpc) is 3.28. The summed E-state index contributed by atoms with van der Waals surface area (Å²) in [5, 5.41) is 9.19. The number of hydrogen-bond acceptors (Lipinski definition) is 4. The number of rotatable bonds is 4. The summed E-state index contributed by atoms with van der Waals surface area (Å²) in [7, 11) is 0. The summed E-state index contributed by atoms with van der Waals surface area (Å²) < 4.78 is 0. The highest BCUT2D eigenvalue weighted by atomic mass is 16.4. The van der Waals surface area contributed by atoms with Crippen LogP contribution in [0.25, 0.3) is 0 Å². The molecule has 152 valence electrons. The fourth-order valence-corrected chi connectivity index (χ4v) is 6.16. The highest BCUT2D eigenvalue weighted by molar-refractivity contribution is 5.77. The zero-order valence-corrected chi connectivity index (χ0v) is 16.3. The molecule has 1 atom stereocenters. The second kappa shape index (κ2) is 7.59. The van der Waals surface area contributed by atoms with Gasteiger partial charge < -0.3 is 25.5 Å². The van der Waals surface area contributed by atoms with Crippen LogP contribution in [0.3, 0.4) is 0 Å². The Morgan fingerprint density at radius 1 is 1.07 bits per heavy atom. The van der Waals surface area contributed by atoms with Crippen LogP contribution in [0, 0.1) is 11.3 Å². The molecule has 1 saturated carbocycles. The number of nitrogens with two attached hydrogens (primary N) is 1. The third kappa shape index (κ3) is 3.68. The van der Waals surface area contributed by atoms with Crippen LogP contribution in [0.1, 0.15) is 51.4 Å². The molecule has 27 heavy (non-hydrogen) atoms. The molecule has 0 aromatic heterocycles. The summed E-state index contributed by atoms with van der Waals surface area (Å²) in [5.41, 5.74) is 5.84. The molecule has 4 rings (SSSR count). The van der Waals surface area contributed by atoms with Gasteiger partial charge in [-0.2, -0.15) is 0 Å². The Bertz CT molecular complexity index is 570. The SMILES string of the molecule is NCCC(=O)N1CCC[C@H]1C1CCN(C2CC3(CCN(C(=O)O)C3)C2)CC1. The lowest BCUT2D eigenvalue weighted by molar-refractivity contribution is -0.133. The number of carbonyl (C=O) groups is 2. The fourth-order valence-electron chi connectivity index (χ4n) is 6.16. The standard InChI is InChI=1S/C20H34N4O3/c21-7-3-18(25)24-8-1-2-17(24)15-4-9-22(10-5-15)16-12-20(13-16)6-11-23(14-20)19(26)27/h15-17H,1-14,21H2,(H,26,27)/t16?,17-,20?/m0/s1. The summed E-state index contributed by atoms with van der Waals surface area (Å²) >= 11 is 0. The Labute approximate surface area is 161 Å². The van der Waals surface area contributed by atoms with E-state index in [1.54, 1.807) is 4.90 Å². The molecule has 7 heteroatoms.